The van der Waals surface area contributed by atoms with Crippen LogP contribution in [0.15, 0.2) is 0 Å². The summed E-state index contributed by atoms with van der Waals surface area (Å²) >= 11 is 0. The van der Waals surface area contributed by atoms with Crippen LogP contribution in [-0.2, 0) is 23.9 Å². The Morgan fingerprint density at radius 1 is 0.688 bits per heavy atom. The largest absolute Gasteiger partial charge is 0.524 e. The van der Waals surface area contributed by atoms with Gasteiger partial charge in [0.1, 0.15) is 0 Å². The topological polar surface area (TPSA) is 77.5 Å². The minimum absolute atomic E-state index is 0. The molecule has 0 saturated heterocycles. The third-order valence-corrected chi connectivity index (χ3v) is 3.31. The van der Waals surface area contributed by atoms with Gasteiger partial charge in [-0.25, -0.2) is 0 Å². The summed E-state index contributed by atoms with van der Waals surface area (Å²) in [5, 5.41) is 0. The average Bonchev–Trinajstić information content (AvgIpc) is 1.77. The van der Waals surface area contributed by atoms with Crippen molar-refractivity contribution in [3.8, 4) is 0 Å². The predicted molar refractivity (Wildman–Crippen MR) is 38.3 cm³/mol. The van der Waals surface area contributed by atoms with Crippen LogP contribution in [0.3, 0.4) is 0 Å². The first-order valence-electron chi connectivity index (χ1n) is 2.54. The molecule has 0 radical (unpaired) electrons. The van der Waals surface area contributed by atoms with Crippen LogP contribution in [0.1, 0.15) is 0 Å². The van der Waals surface area contributed by atoms with E-state index in [1.165, 1.54) is 0 Å². The van der Waals surface area contributed by atoms with E-state index >= 15 is 0 Å². The van der Waals surface area contributed by atoms with Gasteiger partial charge < -0.3 is 0 Å². The molecule has 0 atom stereocenters. The monoisotopic (exact) mass is 318 g/mol. The first kappa shape index (κ1) is 18.1. The van der Waals surface area contributed by atoms with Crippen LogP contribution in [-0.4, -0.2) is 27.9 Å². The van der Waals surface area contributed by atoms with Gasteiger partial charge in [0.25, 0.3) is 0 Å². The van der Waals surface area contributed by atoms with Gasteiger partial charge in [-0.3, -0.25) is 0 Å². The molecule has 0 aliphatic heterocycles. The molecular formula is C2HClF6O5S2. The molecule has 14 heteroatoms. The number of hydrogen-bond donors (Lipinski definition) is 0. The van der Waals surface area contributed by atoms with Crippen LogP contribution < -0.4 is 0 Å². The quantitative estimate of drug-likeness (QED) is 0.563. The summed E-state index contributed by atoms with van der Waals surface area (Å²) in [5.74, 6) is 0. The van der Waals surface area contributed by atoms with E-state index < -0.39 is 31.3 Å². The Balaban J connectivity index is 0. The smallest absolute Gasteiger partial charge is 0.188 e. The van der Waals surface area contributed by atoms with Crippen molar-refractivity contribution < 1.29 is 46.8 Å². The molecule has 0 amide bonds. The number of rotatable bonds is 2. The van der Waals surface area contributed by atoms with Gasteiger partial charge in [-0.2, -0.15) is 43.2 Å². The standard InChI is InChI=1S/C2F6O5S2.ClH/c3-1(4,5)14(9,10)13-15(11,12)2(6,7)8;/h;1H. The summed E-state index contributed by atoms with van der Waals surface area (Å²) < 4.78 is 110. The molecule has 0 aliphatic carbocycles. The SMILES string of the molecule is Cl.O=S(=O)(OS(=O)(=O)C(F)(F)F)C(F)(F)F. The van der Waals surface area contributed by atoms with Crippen molar-refractivity contribution in [1.29, 1.82) is 0 Å². The lowest BCUT2D eigenvalue weighted by molar-refractivity contribution is -0.0585. The molecule has 0 N–H and O–H groups in total. The van der Waals surface area contributed by atoms with E-state index in [0.717, 1.165) is 0 Å². The average molecular weight is 319 g/mol. The summed E-state index contributed by atoms with van der Waals surface area (Å²) in [6, 6.07) is 0. The summed E-state index contributed by atoms with van der Waals surface area (Å²) in [4.78, 5) is 0. The predicted octanol–water partition coefficient (Wildman–Crippen LogP) is 1.12. The highest BCUT2D eigenvalue weighted by atomic mass is 35.5. The molecule has 100 valence electrons. The van der Waals surface area contributed by atoms with Crippen LogP contribution in [0.2, 0.25) is 0 Å². The van der Waals surface area contributed by atoms with Crippen LogP contribution in [0.25, 0.3) is 0 Å². The Morgan fingerprint density at radius 2 is 0.875 bits per heavy atom. The van der Waals surface area contributed by atoms with E-state index in [9.17, 15) is 43.2 Å². The van der Waals surface area contributed by atoms with Gasteiger partial charge >= 0.3 is 31.3 Å². The molecule has 5 nitrogen and oxygen atoms in total. The maximum absolute atomic E-state index is 11.4. The Labute approximate surface area is 91.0 Å². The van der Waals surface area contributed by atoms with Gasteiger partial charge in [0.15, 0.2) is 0 Å². The van der Waals surface area contributed by atoms with Gasteiger partial charge in [-0.15, -0.1) is 16.0 Å². The number of halogens is 7. The van der Waals surface area contributed by atoms with E-state index in [-0.39, 0.29) is 12.4 Å². The fraction of sp³-hybridized carbons (Fsp3) is 1.00. The third kappa shape index (κ3) is 3.95. The Morgan fingerprint density at radius 3 is 1.00 bits per heavy atom. The third-order valence-electron chi connectivity index (χ3n) is 0.746. The molecule has 0 heterocycles. The molecule has 0 rings (SSSR count). The van der Waals surface area contributed by atoms with Gasteiger partial charge in [0, 0.05) is 0 Å². The van der Waals surface area contributed by atoms with Crippen molar-refractivity contribution in [2.75, 3.05) is 0 Å². The zero-order valence-corrected chi connectivity index (χ0v) is 8.98. The maximum Gasteiger partial charge on any atom is 0.524 e. The molecule has 0 aromatic carbocycles. The number of alkyl halides is 6. The summed E-state index contributed by atoms with van der Waals surface area (Å²) in [6.45, 7) is 0. The highest BCUT2D eigenvalue weighted by Gasteiger charge is 2.57. The zero-order valence-electron chi connectivity index (χ0n) is 6.53. The summed E-state index contributed by atoms with van der Waals surface area (Å²) in [7, 11) is -13.7. The Hall–Kier alpha value is -0.270. The van der Waals surface area contributed by atoms with Crippen molar-refractivity contribution >= 4 is 32.6 Å². The molecule has 0 spiro atoms. The van der Waals surface area contributed by atoms with Gasteiger partial charge in [-0.1, -0.05) is 0 Å². The Kier molecular flexibility index (Phi) is 5.14. The maximum atomic E-state index is 11.4. The molecular weight excluding hydrogens is 318 g/mol. The lowest BCUT2D eigenvalue weighted by atomic mass is 11.6. The van der Waals surface area contributed by atoms with Crippen molar-refractivity contribution in [2.45, 2.75) is 11.0 Å². The summed E-state index contributed by atoms with van der Waals surface area (Å²) in [6.07, 6.45) is 0. The molecule has 0 aliphatic rings. The lowest BCUT2D eigenvalue weighted by Crippen LogP contribution is -2.34. The highest BCUT2D eigenvalue weighted by molar-refractivity contribution is 8.00. The zero-order chi connectivity index (χ0) is 12.7. The van der Waals surface area contributed by atoms with Crippen molar-refractivity contribution in [3.05, 3.63) is 0 Å². The molecule has 0 fully saturated rings. The second kappa shape index (κ2) is 4.54. The van der Waals surface area contributed by atoms with E-state index in [2.05, 4.69) is 0 Å². The van der Waals surface area contributed by atoms with E-state index in [4.69, 9.17) is 0 Å². The van der Waals surface area contributed by atoms with Crippen molar-refractivity contribution in [3.63, 3.8) is 0 Å². The lowest BCUT2D eigenvalue weighted by Gasteiger charge is -2.09. The molecule has 0 saturated carbocycles. The van der Waals surface area contributed by atoms with E-state index in [1.807, 2.05) is 3.63 Å². The molecule has 0 unspecified atom stereocenters. The molecule has 16 heavy (non-hydrogen) atoms. The van der Waals surface area contributed by atoms with Crippen LogP contribution in [0, 0.1) is 0 Å². The van der Waals surface area contributed by atoms with Gasteiger partial charge in [-0.05, 0) is 0 Å². The second-order valence-electron chi connectivity index (χ2n) is 1.87. The summed E-state index contributed by atoms with van der Waals surface area (Å²) in [5.41, 5.74) is -12.5. The van der Waals surface area contributed by atoms with Crippen LogP contribution >= 0.6 is 12.4 Å². The molecule has 0 aromatic heterocycles. The normalized spacial score (nSPS) is 14.4. The minimum atomic E-state index is -6.85. The van der Waals surface area contributed by atoms with Crippen molar-refractivity contribution in [1.82, 2.24) is 0 Å². The highest BCUT2D eigenvalue weighted by Crippen LogP contribution is 2.31. The van der Waals surface area contributed by atoms with E-state index in [1.54, 1.807) is 0 Å². The van der Waals surface area contributed by atoms with Gasteiger partial charge in [0.05, 0.1) is 0 Å². The number of hydrogen-bond acceptors (Lipinski definition) is 5. The van der Waals surface area contributed by atoms with Crippen molar-refractivity contribution in [2.24, 2.45) is 0 Å². The first-order valence-corrected chi connectivity index (χ1v) is 5.36. The molecule has 0 bridgehead atoms. The van der Waals surface area contributed by atoms with Crippen LogP contribution in [0.5, 0.6) is 0 Å². The van der Waals surface area contributed by atoms with Gasteiger partial charge in [0.2, 0.25) is 0 Å². The Bertz CT molecular complexity index is 387. The fourth-order valence-corrected chi connectivity index (χ4v) is 1.76. The van der Waals surface area contributed by atoms with Crippen LogP contribution in [0.4, 0.5) is 26.3 Å². The fourth-order valence-electron chi connectivity index (χ4n) is 0.195. The molecule has 0 aromatic rings. The minimum Gasteiger partial charge on any atom is -0.188 e. The first-order chi connectivity index (χ1) is 6.21. The second-order valence-corrected chi connectivity index (χ2v) is 5.15. The van der Waals surface area contributed by atoms with E-state index in [0.29, 0.717) is 0 Å².